The monoisotopic (exact) mass is 480 g/mol. The van der Waals surface area contributed by atoms with Gasteiger partial charge in [0.15, 0.2) is 9.84 Å². The van der Waals surface area contributed by atoms with E-state index in [-0.39, 0.29) is 41.0 Å². The molecule has 1 aliphatic heterocycles. The van der Waals surface area contributed by atoms with Gasteiger partial charge in [0.05, 0.1) is 23.7 Å². The van der Waals surface area contributed by atoms with Gasteiger partial charge in [0.1, 0.15) is 17.3 Å². The maximum Gasteiger partial charge on any atom is 0.416 e. The number of sulfone groups is 1. The topological polar surface area (TPSA) is 69.2 Å². The highest BCUT2D eigenvalue weighted by molar-refractivity contribution is 7.90. The van der Waals surface area contributed by atoms with E-state index in [9.17, 15) is 26.0 Å². The van der Waals surface area contributed by atoms with Crippen LogP contribution in [0.1, 0.15) is 40.4 Å². The molecule has 10 heteroatoms. The molecule has 2 heterocycles. The standard InChI is InChI=1S/C23H20F4N2O3S/c24-8-6-15-12-16(23(25,26)27)2-4-18(15)19-7-11-32-21-13-17(3-5-20(19)21)33(30,31)14-22-28-9-1-10-29-22/h1-5,9-10,12-13,19H,6-8,11,14H2/t19-/m1/s1. The summed E-state index contributed by atoms with van der Waals surface area (Å²) in [7, 11) is -3.75. The number of halogens is 4. The minimum Gasteiger partial charge on any atom is -0.493 e. The number of aromatic nitrogens is 2. The Morgan fingerprint density at radius 1 is 1.03 bits per heavy atom. The number of benzene rings is 2. The Morgan fingerprint density at radius 3 is 2.45 bits per heavy atom. The van der Waals surface area contributed by atoms with Crippen molar-refractivity contribution >= 4 is 9.84 Å². The minimum atomic E-state index is -4.52. The summed E-state index contributed by atoms with van der Waals surface area (Å²) in [6.45, 7) is -0.540. The van der Waals surface area contributed by atoms with Crippen LogP contribution in [0.5, 0.6) is 5.75 Å². The molecule has 5 nitrogen and oxygen atoms in total. The van der Waals surface area contributed by atoms with Gasteiger partial charge >= 0.3 is 6.18 Å². The van der Waals surface area contributed by atoms with Gasteiger partial charge in [0, 0.05) is 30.3 Å². The van der Waals surface area contributed by atoms with Gasteiger partial charge in [-0.2, -0.15) is 13.2 Å². The normalized spacial score (nSPS) is 16.2. The van der Waals surface area contributed by atoms with Crippen LogP contribution in [0.3, 0.4) is 0 Å². The maximum atomic E-state index is 13.2. The lowest BCUT2D eigenvalue weighted by Gasteiger charge is -2.28. The Morgan fingerprint density at radius 2 is 1.76 bits per heavy atom. The molecule has 2 aromatic carbocycles. The fourth-order valence-electron chi connectivity index (χ4n) is 3.98. The lowest BCUT2D eigenvalue weighted by Crippen LogP contribution is -2.18. The molecule has 33 heavy (non-hydrogen) atoms. The van der Waals surface area contributed by atoms with Crippen LogP contribution in [0.15, 0.2) is 59.8 Å². The second-order valence-corrected chi connectivity index (χ2v) is 9.65. The molecule has 0 amide bonds. The Labute approximate surface area is 188 Å². The summed E-state index contributed by atoms with van der Waals surface area (Å²) in [5.41, 5.74) is 0.684. The van der Waals surface area contributed by atoms with Crippen LogP contribution in [0.25, 0.3) is 0 Å². The molecule has 1 aromatic heterocycles. The van der Waals surface area contributed by atoms with Crippen molar-refractivity contribution in [3.8, 4) is 5.75 Å². The molecule has 0 bridgehead atoms. The zero-order valence-electron chi connectivity index (χ0n) is 17.3. The number of hydrogen-bond acceptors (Lipinski definition) is 5. The molecule has 1 aliphatic rings. The quantitative estimate of drug-likeness (QED) is 0.470. The van der Waals surface area contributed by atoms with Gasteiger partial charge in [0.2, 0.25) is 0 Å². The van der Waals surface area contributed by atoms with Crippen LogP contribution in [-0.4, -0.2) is 31.7 Å². The van der Waals surface area contributed by atoms with Gasteiger partial charge in [-0.25, -0.2) is 18.4 Å². The number of nitrogens with zero attached hydrogens (tertiary/aromatic N) is 2. The Hall–Kier alpha value is -3.01. The van der Waals surface area contributed by atoms with E-state index in [1.54, 1.807) is 12.1 Å². The van der Waals surface area contributed by atoms with Crippen molar-refractivity contribution in [3.63, 3.8) is 0 Å². The van der Waals surface area contributed by atoms with Gasteiger partial charge < -0.3 is 4.74 Å². The third kappa shape index (κ3) is 5.00. The average Bonchev–Trinajstić information content (AvgIpc) is 2.78. The molecule has 0 radical (unpaired) electrons. The zero-order chi connectivity index (χ0) is 23.6. The van der Waals surface area contributed by atoms with Crippen molar-refractivity contribution in [2.45, 2.75) is 35.6 Å². The number of ether oxygens (including phenoxy) is 1. The highest BCUT2D eigenvalue weighted by Crippen LogP contribution is 2.42. The van der Waals surface area contributed by atoms with E-state index < -0.39 is 28.3 Å². The average molecular weight is 480 g/mol. The van der Waals surface area contributed by atoms with E-state index in [2.05, 4.69) is 9.97 Å². The molecule has 0 aliphatic carbocycles. The predicted molar refractivity (Wildman–Crippen MR) is 112 cm³/mol. The first-order valence-corrected chi connectivity index (χ1v) is 11.9. The summed E-state index contributed by atoms with van der Waals surface area (Å²) in [5, 5.41) is 0. The Bertz CT molecular complexity index is 1250. The summed E-state index contributed by atoms with van der Waals surface area (Å²) in [6, 6.07) is 9.41. The molecule has 3 aromatic rings. The van der Waals surface area contributed by atoms with Crippen molar-refractivity contribution in [2.75, 3.05) is 13.3 Å². The fourth-order valence-corrected chi connectivity index (χ4v) is 5.20. The number of alkyl halides is 4. The Kier molecular flexibility index (Phi) is 6.38. The smallest absolute Gasteiger partial charge is 0.416 e. The summed E-state index contributed by atoms with van der Waals surface area (Å²) in [4.78, 5) is 7.93. The molecular formula is C23H20F4N2O3S. The molecular weight excluding hydrogens is 460 g/mol. The first-order chi connectivity index (χ1) is 15.7. The van der Waals surface area contributed by atoms with Crippen LogP contribution in [0.4, 0.5) is 17.6 Å². The van der Waals surface area contributed by atoms with Crippen molar-refractivity contribution in [3.05, 3.63) is 82.9 Å². The van der Waals surface area contributed by atoms with E-state index >= 15 is 0 Å². The molecule has 0 N–H and O–H groups in total. The van der Waals surface area contributed by atoms with Crippen molar-refractivity contribution in [2.24, 2.45) is 0 Å². The molecule has 1 atom stereocenters. The van der Waals surface area contributed by atoms with Crippen molar-refractivity contribution in [1.29, 1.82) is 0 Å². The van der Waals surface area contributed by atoms with E-state index in [4.69, 9.17) is 4.74 Å². The Balaban J connectivity index is 1.69. The second kappa shape index (κ2) is 9.09. The zero-order valence-corrected chi connectivity index (χ0v) is 18.2. The molecule has 0 saturated heterocycles. The molecule has 174 valence electrons. The lowest BCUT2D eigenvalue weighted by atomic mass is 9.83. The van der Waals surface area contributed by atoms with Crippen LogP contribution < -0.4 is 4.74 Å². The second-order valence-electron chi connectivity index (χ2n) is 7.66. The van der Waals surface area contributed by atoms with Gasteiger partial charge in [-0.3, -0.25) is 4.39 Å². The van der Waals surface area contributed by atoms with Gasteiger partial charge in [-0.05, 0) is 47.9 Å². The number of aryl methyl sites for hydroxylation is 1. The first-order valence-electron chi connectivity index (χ1n) is 10.2. The summed E-state index contributed by atoms with van der Waals surface area (Å²) < 4.78 is 83.9. The maximum absolute atomic E-state index is 13.2. The largest absolute Gasteiger partial charge is 0.493 e. The molecule has 0 spiro atoms. The number of fused-ring (bicyclic) bond motifs is 1. The van der Waals surface area contributed by atoms with E-state index in [0.29, 0.717) is 23.3 Å². The highest BCUT2D eigenvalue weighted by Gasteiger charge is 2.33. The lowest BCUT2D eigenvalue weighted by molar-refractivity contribution is -0.137. The molecule has 0 fully saturated rings. The SMILES string of the molecule is O=S(=O)(Cc1ncccn1)c1ccc2c(c1)OCC[C@@H]2c1ccc(C(F)(F)F)cc1CCF. The summed E-state index contributed by atoms with van der Waals surface area (Å²) in [6.07, 6.45) is -1.28. The van der Waals surface area contributed by atoms with Gasteiger partial charge in [-0.1, -0.05) is 12.1 Å². The van der Waals surface area contributed by atoms with Crippen LogP contribution in [0.2, 0.25) is 0 Å². The third-order valence-electron chi connectivity index (χ3n) is 5.53. The van der Waals surface area contributed by atoms with Gasteiger partial charge in [-0.15, -0.1) is 0 Å². The molecule has 4 rings (SSSR count). The van der Waals surface area contributed by atoms with Crippen LogP contribution >= 0.6 is 0 Å². The minimum absolute atomic E-state index is 0.0331. The molecule has 0 saturated carbocycles. The highest BCUT2D eigenvalue weighted by atomic mass is 32.2. The van der Waals surface area contributed by atoms with Crippen molar-refractivity contribution in [1.82, 2.24) is 9.97 Å². The third-order valence-corrected chi connectivity index (χ3v) is 7.14. The summed E-state index contributed by atoms with van der Waals surface area (Å²) >= 11 is 0. The van der Waals surface area contributed by atoms with Gasteiger partial charge in [0.25, 0.3) is 0 Å². The van der Waals surface area contributed by atoms with Crippen LogP contribution in [0, 0.1) is 0 Å². The van der Waals surface area contributed by atoms with E-state index in [1.165, 1.54) is 30.6 Å². The fraction of sp³-hybridized carbons (Fsp3) is 0.304. The number of hydrogen-bond donors (Lipinski definition) is 0. The predicted octanol–water partition coefficient (Wildman–Crippen LogP) is 4.90. The van der Waals surface area contributed by atoms with Crippen molar-refractivity contribution < 1.29 is 30.7 Å². The van der Waals surface area contributed by atoms with E-state index in [0.717, 1.165) is 12.1 Å². The summed E-state index contributed by atoms with van der Waals surface area (Å²) in [5.74, 6) is -0.218. The number of rotatable bonds is 6. The van der Waals surface area contributed by atoms with Crippen LogP contribution in [-0.2, 0) is 28.2 Å². The van der Waals surface area contributed by atoms with E-state index in [1.807, 2.05) is 0 Å². The molecule has 0 unspecified atom stereocenters. The first kappa shape index (κ1) is 23.2.